The molecule has 0 saturated carbocycles. The number of aliphatic hydroxyl groups is 1. The van der Waals surface area contributed by atoms with E-state index < -0.39 is 0 Å². The molecule has 2 rings (SSSR count). The third kappa shape index (κ3) is 1.81. The third-order valence-electron chi connectivity index (χ3n) is 2.26. The van der Waals surface area contributed by atoms with Gasteiger partial charge in [0.2, 0.25) is 0 Å². The number of hydrogen-bond acceptors (Lipinski definition) is 2. The molecule has 74 valence electrons. The topological polar surface area (TPSA) is 20.2 Å². The van der Waals surface area contributed by atoms with Crippen LogP contribution in [0.4, 0.5) is 0 Å². The van der Waals surface area contributed by atoms with Crippen molar-refractivity contribution >= 4 is 21.4 Å². The van der Waals surface area contributed by atoms with Gasteiger partial charge in [0, 0.05) is 9.58 Å². The molecule has 1 aromatic carbocycles. The zero-order chi connectivity index (χ0) is 10.1. The molecule has 1 heterocycles. The highest BCUT2D eigenvalue weighted by Crippen LogP contribution is 2.28. The Balaban J connectivity index is 2.53. The average molecular weight is 206 g/mol. The maximum absolute atomic E-state index is 9.38. The minimum absolute atomic E-state index is 0.261. The molecule has 14 heavy (non-hydrogen) atoms. The van der Waals surface area contributed by atoms with Gasteiger partial charge in [0.15, 0.2) is 0 Å². The molecule has 0 spiro atoms. The fraction of sp³-hybridized carbons (Fsp3) is 0.333. The molecule has 2 aromatic rings. The van der Waals surface area contributed by atoms with Crippen LogP contribution in [-0.4, -0.2) is 11.2 Å². The van der Waals surface area contributed by atoms with Crippen LogP contribution < -0.4 is 0 Å². The average Bonchev–Trinajstić information content (AvgIpc) is 2.45. The van der Waals surface area contributed by atoms with Gasteiger partial charge in [-0.1, -0.05) is 18.2 Å². The van der Waals surface area contributed by atoms with Gasteiger partial charge in [-0.05, 0) is 37.3 Å². The highest BCUT2D eigenvalue weighted by atomic mass is 32.1. The van der Waals surface area contributed by atoms with Gasteiger partial charge < -0.3 is 5.11 Å². The molecule has 1 unspecified atom stereocenters. The van der Waals surface area contributed by atoms with Crippen molar-refractivity contribution in [1.82, 2.24) is 0 Å². The molecule has 0 aliphatic carbocycles. The van der Waals surface area contributed by atoms with E-state index >= 15 is 0 Å². The lowest BCUT2D eigenvalue weighted by Crippen LogP contribution is -2.03. The lowest BCUT2D eigenvalue weighted by atomic mass is 10.1. The van der Waals surface area contributed by atoms with Crippen LogP contribution in [0.5, 0.6) is 0 Å². The number of fused-ring (bicyclic) bond motifs is 1. The van der Waals surface area contributed by atoms with Gasteiger partial charge in [-0.2, -0.15) is 0 Å². The Labute approximate surface area is 88.0 Å². The van der Waals surface area contributed by atoms with Gasteiger partial charge >= 0.3 is 0 Å². The fourth-order valence-corrected chi connectivity index (χ4v) is 2.77. The van der Waals surface area contributed by atoms with Gasteiger partial charge in [-0.15, -0.1) is 11.3 Å². The Bertz CT molecular complexity index is 443. The predicted octanol–water partition coefficient (Wildman–Crippen LogP) is 3.13. The number of aliphatic hydroxyl groups excluding tert-OH is 1. The van der Waals surface area contributed by atoms with E-state index in [-0.39, 0.29) is 6.10 Å². The van der Waals surface area contributed by atoms with Crippen LogP contribution in [0.25, 0.3) is 10.1 Å². The number of thiophene rings is 1. The quantitative estimate of drug-likeness (QED) is 0.800. The summed E-state index contributed by atoms with van der Waals surface area (Å²) in [5.41, 5.74) is 1.26. The number of rotatable bonds is 2. The lowest BCUT2D eigenvalue weighted by Gasteiger charge is -2.04. The molecule has 0 bridgehead atoms. The van der Waals surface area contributed by atoms with Crippen molar-refractivity contribution in [3.63, 3.8) is 0 Å². The summed E-state index contributed by atoms with van der Waals surface area (Å²) >= 11 is 1.81. The van der Waals surface area contributed by atoms with Crippen molar-refractivity contribution in [1.29, 1.82) is 0 Å². The van der Waals surface area contributed by atoms with Crippen molar-refractivity contribution < 1.29 is 5.11 Å². The maximum Gasteiger partial charge on any atom is 0.0552 e. The third-order valence-corrected chi connectivity index (χ3v) is 3.41. The molecule has 2 heteroatoms. The maximum atomic E-state index is 9.38. The van der Waals surface area contributed by atoms with E-state index in [2.05, 4.69) is 31.2 Å². The van der Waals surface area contributed by atoms with Crippen molar-refractivity contribution in [3.8, 4) is 0 Å². The minimum atomic E-state index is -0.261. The minimum Gasteiger partial charge on any atom is -0.393 e. The SMILES string of the molecule is Cc1cc2cccc(CC(C)O)c2s1. The summed E-state index contributed by atoms with van der Waals surface area (Å²) in [5, 5.41) is 10.7. The normalized spacial score (nSPS) is 13.4. The largest absolute Gasteiger partial charge is 0.393 e. The van der Waals surface area contributed by atoms with E-state index in [0.717, 1.165) is 6.42 Å². The van der Waals surface area contributed by atoms with E-state index in [0.29, 0.717) is 0 Å². The molecule has 1 atom stereocenters. The summed E-state index contributed by atoms with van der Waals surface area (Å²) < 4.78 is 1.32. The fourth-order valence-electron chi connectivity index (χ4n) is 1.73. The Morgan fingerprint density at radius 2 is 2.21 bits per heavy atom. The number of aryl methyl sites for hydroxylation is 1. The van der Waals surface area contributed by atoms with Crippen LogP contribution in [0.2, 0.25) is 0 Å². The van der Waals surface area contributed by atoms with E-state index in [1.807, 2.05) is 18.3 Å². The van der Waals surface area contributed by atoms with E-state index in [4.69, 9.17) is 0 Å². The van der Waals surface area contributed by atoms with Crippen molar-refractivity contribution in [2.45, 2.75) is 26.4 Å². The van der Waals surface area contributed by atoms with Crippen molar-refractivity contribution in [2.75, 3.05) is 0 Å². The molecule has 1 aromatic heterocycles. The second kappa shape index (κ2) is 3.71. The van der Waals surface area contributed by atoms with Gasteiger partial charge in [0.1, 0.15) is 0 Å². The first kappa shape index (κ1) is 9.69. The van der Waals surface area contributed by atoms with E-state index in [1.54, 1.807) is 0 Å². The molecule has 1 nitrogen and oxygen atoms in total. The van der Waals surface area contributed by atoms with Crippen LogP contribution in [0.1, 0.15) is 17.4 Å². The smallest absolute Gasteiger partial charge is 0.0552 e. The van der Waals surface area contributed by atoms with Crippen LogP contribution in [0, 0.1) is 6.92 Å². The second-order valence-electron chi connectivity index (χ2n) is 3.75. The summed E-state index contributed by atoms with van der Waals surface area (Å²) in [6.45, 7) is 3.95. The highest BCUT2D eigenvalue weighted by Gasteiger charge is 2.06. The summed E-state index contributed by atoms with van der Waals surface area (Å²) in [7, 11) is 0. The monoisotopic (exact) mass is 206 g/mol. The lowest BCUT2D eigenvalue weighted by molar-refractivity contribution is 0.196. The van der Waals surface area contributed by atoms with Gasteiger partial charge in [0.05, 0.1) is 6.10 Å². The summed E-state index contributed by atoms with van der Waals surface area (Å²) in [6.07, 6.45) is 0.486. The molecule has 0 aliphatic rings. The predicted molar refractivity (Wildman–Crippen MR) is 61.9 cm³/mol. The second-order valence-corrected chi connectivity index (χ2v) is 5.00. The van der Waals surface area contributed by atoms with E-state index in [1.165, 1.54) is 20.5 Å². The molecule has 0 radical (unpaired) electrons. The molecule has 1 N–H and O–H groups in total. The van der Waals surface area contributed by atoms with Gasteiger partial charge in [-0.3, -0.25) is 0 Å². The molecule has 0 amide bonds. The van der Waals surface area contributed by atoms with Crippen LogP contribution >= 0.6 is 11.3 Å². The highest BCUT2D eigenvalue weighted by molar-refractivity contribution is 7.19. The molecular weight excluding hydrogens is 192 g/mol. The van der Waals surface area contributed by atoms with Crippen LogP contribution in [-0.2, 0) is 6.42 Å². The zero-order valence-corrected chi connectivity index (χ0v) is 9.27. The number of hydrogen-bond donors (Lipinski definition) is 1. The molecule has 0 aliphatic heterocycles. The summed E-state index contributed by atoms with van der Waals surface area (Å²) in [4.78, 5) is 1.33. The first-order valence-electron chi connectivity index (χ1n) is 4.83. The number of benzene rings is 1. The van der Waals surface area contributed by atoms with Crippen molar-refractivity contribution in [3.05, 3.63) is 34.7 Å². The van der Waals surface area contributed by atoms with E-state index in [9.17, 15) is 5.11 Å². The van der Waals surface area contributed by atoms with Gasteiger partial charge in [0.25, 0.3) is 0 Å². The zero-order valence-electron chi connectivity index (χ0n) is 8.45. The summed E-state index contributed by atoms with van der Waals surface area (Å²) in [6, 6.07) is 8.49. The van der Waals surface area contributed by atoms with Gasteiger partial charge in [-0.25, -0.2) is 0 Å². The van der Waals surface area contributed by atoms with Crippen LogP contribution in [0.3, 0.4) is 0 Å². The van der Waals surface area contributed by atoms with Crippen molar-refractivity contribution in [2.24, 2.45) is 0 Å². The first-order valence-corrected chi connectivity index (χ1v) is 5.64. The van der Waals surface area contributed by atoms with Crippen LogP contribution in [0.15, 0.2) is 24.3 Å². The summed E-state index contributed by atoms with van der Waals surface area (Å²) in [5.74, 6) is 0. The Kier molecular flexibility index (Phi) is 2.57. The Hall–Kier alpha value is -0.860. The standard InChI is InChI=1S/C12H14OS/c1-8(13)6-10-4-3-5-11-7-9(2)14-12(10)11/h3-5,7-8,13H,6H2,1-2H3. The Morgan fingerprint density at radius 1 is 1.43 bits per heavy atom. The molecular formula is C12H14OS. The Morgan fingerprint density at radius 3 is 2.93 bits per heavy atom. The first-order chi connectivity index (χ1) is 6.66. The molecule has 0 fully saturated rings. The molecule has 0 saturated heterocycles.